The van der Waals surface area contributed by atoms with Crippen LogP contribution in [0.4, 0.5) is 11.5 Å². The van der Waals surface area contributed by atoms with E-state index in [1.807, 2.05) is 12.1 Å². The number of pyridine rings is 1. The van der Waals surface area contributed by atoms with Gasteiger partial charge in [0.25, 0.3) is 5.91 Å². The van der Waals surface area contributed by atoms with E-state index in [9.17, 15) is 4.79 Å². The zero-order valence-electron chi connectivity index (χ0n) is 11.3. The summed E-state index contributed by atoms with van der Waals surface area (Å²) < 4.78 is 0.599. The van der Waals surface area contributed by atoms with Crippen LogP contribution in [0.25, 0.3) is 0 Å². The third-order valence-corrected chi connectivity index (χ3v) is 4.50. The Morgan fingerprint density at radius 1 is 1.29 bits per heavy atom. The molecule has 0 unspecified atom stereocenters. The van der Waals surface area contributed by atoms with Crippen molar-refractivity contribution in [3.05, 3.63) is 39.7 Å². The van der Waals surface area contributed by atoms with Crippen molar-refractivity contribution >= 4 is 40.4 Å². The van der Waals surface area contributed by atoms with Gasteiger partial charge in [-0.2, -0.15) is 0 Å². The van der Waals surface area contributed by atoms with E-state index in [4.69, 9.17) is 11.6 Å². The molecule has 0 aromatic carbocycles. The maximum Gasteiger partial charge on any atom is 0.266 e. The lowest BCUT2D eigenvalue weighted by molar-refractivity contribution is 0.103. The van der Waals surface area contributed by atoms with Crippen molar-refractivity contribution in [2.24, 2.45) is 0 Å². The summed E-state index contributed by atoms with van der Waals surface area (Å²) in [6, 6.07) is 7.22. The predicted molar refractivity (Wildman–Crippen MR) is 86.6 cm³/mol. The number of nitrogens with one attached hydrogen (secondary N) is 2. The van der Waals surface area contributed by atoms with Crippen molar-refractivity contribution in [3.63, 3.8) is 0 Å². The highest BCUT2D eigenvalue weighted by molar-refractivity contribution is 7.18. The summed E-state index contributed by atoms with van der Waals surface area (Å²) in [6.07, 6.45) is 1.79. The van der Waals surface area contributed by atoms with Crippen LogP contribution in [0.5, 0.6) is 0 Å². The molecule has 0 radical (unpaired) electrons. The number of nitrogens with zero attached hydrogens (tertiary/aromatic N) is 2. The van der Waals surface area contributed by atoms with Crippen LogP contribution in [0, 0.1) is 0 Å². The number of halogens is 1. The monoisotopic (exact) mass is 322 g/mol. The lowest BCUT2D eigenvalue weighted by atomic mass is 10.3. The highest BCUT2D eigenvalue weighted by atomic mass is 35.5. The molecule has 21 heavy (non-hydrogen) atoms. The van der Waals surface area contributed by atoms with Gasteiger partial charge in [0.15, 0.2) is 0 Å². The molecule has 0 saturated carbocycles. The van der Waals surface area contributed by atoms with Crippen molar-refractivity contribution in [1.29, 1.82) is 0 Å². The molecule has 0 spiro atoms. The van der Waals surface area contributed by atoms with Crippen LogP contribution >= 0.6 is 22.9 Å². The molecule has 2 N–H and O–H groups in total. The number of carbonyl (C=O) groups is 1. The zero-order valence-corrected chi connectivity index (χ0v) is 12.9. The van der Waals surface area contributed by atoms with Gasteiger partial charge in [0.2, 0.25) is 0 Å². The Bertz CT molecular complexity index is 622. The third kappa shape index (κ3) is 3.53. The topological polar surface area (TPSA) is 57.3 Å². The summed E-state index contributed by atoms with van der Waals surface area (Å²) in [7, 11) is 0. The summed E-state index contributed by atoms with van der Waals surface area (Å²) in [5, 5.41) is 6.09. The number of hydrogen-bond acceptors (Lipinski definition) is 5. The molecule has 1 fully saturated rings. The predicted octanol–water partition coefficient (Wildman–Crippen LogP) is 2.46. The maximum absolute atomic E-state index is 12.0. The van der Waals surface area contributed by atoms with E-state index in [-0.39, 0.29) is 5.91 Å². The first-order valence-electron chi connectivity index (χ1n) is 6.71. The Hall–Kier alpha value is -1.63. The minimum absolute atomic E-state index is 0.186. The molecule has 1 aliphatic rings. The molecule has 7 heteroatoms. The summed E-state index contributed by atoms with van der Waals surface area (Å²) in [4.78, 5) is 19.1. The Morgan fingerprint density at radius 3 is 2.71 bits per heavy atom. The third-order valence-electron chi connectivity index (χ3n) is 3.27. The second-order valence-corrected chi connectivity index (χ2v) is 6.41. The number of piperazine rings is 1. The van der Waals surface area contributed by atoms with E-state index in [2.05, 4.69) is 20.5 Å². The van der Waals surface area contributed by atoms with Crippen LogP contribution in [0.3, 0.4) is 0 Å². The van der Waals surface area contributed by atoms with Gasteiger partial charge in [-0.3, -0.25) is 4.79 Å². The van der Waals surface area contributed by atoms with Gasteiger partial charge in [0.05, 0.1) is 21.1 Å². The quantitative estimate of drug-likeness (QED) is 0.911. The minimum atomic E-state index is -0.186. The van der Waals surface area contributed by atoms with Crippen molar-refractivity contribution in [2.75, 3.05) is 36.4 Å². The molecule has 3 rings (SSSR count). The van der Waals surface area contributed by atoms with Crippen LogP contribution < -0.4 is 15.5 Å². The standard InChI is InChI=1S/C14H15ClN4OS/c15-12-3-2-11(21-12)14(20)18-13-4-1-10(9-17-13)19-7-5-16-6-8-19/h1-4,9,16H,5-8H2,(H,17,18,20). The fourth-order valence-corrected chi connectivity index (χ4v) is 3.12. The van der Waals surface area contributed by atoms with Gasteiger partial charge in [-0.05, 0) is 24.3 Å². The van der Waals surface area contributed by atoms with Gasteiger partial charge in [-0.25, -0.2) is 4.98 Å². The Kier molecular flexibility index (Phi) is 4.38. The van der Waals surface area contributed by atoms with Gasteiger partial charge in [0.1, 0.15) is 5.82 Å². The normalized spacial score (nSPS) is 15.0. The number of anilines is 2. The second kappa shape index (κ2) is 6.43. The number of aromatic nitrogens is 1. The minimum Gasteiger partial charge on any atom is -0.368 e. The van der Waals surface area contributed by atoms with Crippen LogP contribution in [0.2, 0.25) is 4.34 Å². The van der Waals surface area contributed by atoms with E-state index in [1.54, 1.807) is 18.3 Å². The summed E-state index contributed by atoms with van der Waals surface area (Å²) in [5.41, 5.74) is 1.08. The lowest BCUT2D eigenvalue weighted by Crippen LogP contribution is -2.43. The largest absolute Gasteiger partial charge is 0.368 e. The Balaban J connectivity index is 1.65. The van der Waals surface area contributed by atoms with Gasteiger partial charge in [0, 0.05) is 26.2 Å². The number of rotatable bonds is 3. The van der Waals surface area contributed by atoms with Crippen molar-refractivity contribution in [3.8, 4) is 0 Å². The molecular formula is C14H15ClN4OS. The Labute approximate surface area is 131 Å². The van der Waals surface area contributed by atoms with Gasteiger partial charge in [-0.1, -0.05) is 11.6 Å². The molecule has 0 atom stereocenters. The van der Waals surface area contributed by atoms with E-state index in [1.165, 1.54) is 11.3 Å². The molecule has 0 aliphatic carbocycles. The average molecular weight is 323 g/mol. The van der Waals surface area contributed by atoms with Crippen LogP contribution in [0.15, 0.2) is 30.5 Å². The lowest BCUT2D eigenvalue weighted by Gasteiger charge is -2.29. The molecule has 1 amide bonds. The number of carbonyl (C=O) groups excluding carboxylic acids is 1. The van der Waals surface area contributed by atoms with Gasteiger partial charge >= 0.3 is 0 Å². The van der Waals surface area contributed by atoms with E-state index in [0.29, 0.717) is 15.0 Å². The second-order valence-electron chi connectivity index (χ2n) is 4.70. The van der Waals surface area contributed by atoms with Crippen LogP contribution in [0.1, 0.15) is 9.67 Å². The molecule has 1 saturated heterocycles. The van der Waals surface area contributed by atoms with Gasteiger partial charge in [-0.15, -0.1) is 11.3 Å². The van der Waals surface area contributed by atoms with E-state index < -0.39 is 0 Å². The van der Waals surface area contributed by atoms with Crippen molar-refractivity contribution < 1.29 is 4.79 Å². The van der Waals surface area contributed by atoms with Crippen LogP contribution in [-0.2, 0) is 0 Å². The zero-order chi connectivity index (χ0) is 14.7. The van der Waals surface area contributed by atoms with E-state index in [0.717, 1.165) is 31.9 Å². The summed E-state index contributed by atoms with van der Waals surface area (Å²) >= 11 is 7.08. The molecular weight excluding hydrogens is 308 g/mol. The maximum atomic E-state index is 12.0. The van der Waals surface area contributed by atoms with Crippen LogP contribution in [-0.4, -0.2) is 37.1 Å². The molecule has 1 aliphatic heterocycles. The van der Waals surface area contributed by atoms with Crippen molar-refractivity contribution in [1.82, 2.24) is 10.3 Å². The molecule has 0 bridgehead atoms. The smallest absolute Gasteiger partial charge is 0.266 e. The molecule has 5 nitrogen and oxygen atoms in total. The highest BCUT2D eigenvalue weighted by Gasteiger charge is 2.12. The fourth-order valence-electron chi connectivity index (χ4n) is 2.18. The Morgan fingerprint density at radius 2 is 2.10 bits per heavy atom. The number of hydrogen-bond donors (Lipinski definition) is 2. The SMILES string of the molecule is O=C(Nc1ccc(N2CCNCC2)cn1)c1ccc(Cl)s1. The number of amides is 1. The first-order chi connectivity index (χ1) is 10.2. The molecule has 110 valence electrons. The van der Waals surface area contributed by atoms with Crippen molar-refractivity contribution in [2.45, 2.75) is 0 Å². The first-order valence-corrected chi connectivity index (χ1v) is 7.90. The molecule has 3 heterocycles. The van der Waals surface area contributed by atoms with E-state index >= 15 is 0 Å². The average Bonchev–Trinajstić information content (AvgIpc) is 2.96. The highest BCUT2D eigenvalue weighted by Crippen LogP contribution is 2.22. The summed E-state index contributed by atoms with van der Waals surface area (Å²) in [5.74, 6) is 0.359. The first kappa shape index (κ1) is 14.3. The number of thiophene rings is 1. The molecule has 2 aromatic heterocycles. The fraction of sp³-hybridized carbons (Fsp3) is 0.286. The summed E-state index contributed by atoms with van der Waals surface area (Å²) in [6.45, 7) is 3.91. The molecule has 2 aromatic rings. The van der Waals surface area contributed by atoms with Gasteiger partial charge < -0.3 is 15.5 Å².